The Bertz CT molecular complexity index is 1230. The summed E-state index contributed by atoms with van der Waals surface area (Å²) in [6, 6.07) is 15.4. The molecule has 0 saturated heterocycles. The van der Waals surface area contributed by atoms with Crippen molar-refractivity contribution in [1.82, 2.24) is 9.29 Å². The summed E-state index contributed by atoms with van der Waals surface area (Å²) in [7, 11) is -3.53. The number of nitrogens with one attached hydrogen (secondary N) is 1. The maximum absolute atomic E-state index is 12.4. The normalized spacial score (nSPS) is 14.4. The number of nitrogens with zero attached hydrogens (tertiary/aromatic N) is 2. The van der Waals surface area contributed by atoms with Crippen LogP contribution in [0.2, 0.25) is 0 Å². The van der Waals surface area contributed by atoms with E-state index < -0.39 is 10.0 Å². The fraction of sp³-hybridized carbons (Fsp3) is 0.375. The molecular weight excluding hydrogens is 410 g/mol. The second-order valence-electron chi connectivity index (χ2n) is 7.82. The highest BCUT2D eigenvalue weighted by molar-refractivity contribution is 7.89. The Hall–Kier alpha value is -2.82. The fourth-order valence-corrected chi connectivity index (χ4v) is 5.21. The van der Waals surface area contributed by atoms with E-state index in [9.17, 15) is 13.7 Å². The van der Waals surface area contributed by atoms with Gasteiger partial charge in [-0.3, -0.25) is 0 Å². The molecule has 1 aliphatic carbocycles. The summed E-state index contributed by atoms with van der Waals surface area (Å²) in [5, 5.41) is 10.9. The summed E-state index contributed by atoms with van der Waals surface area (Å²) in [5.41, 5.74) is 3.29. The smallest absolute Gasteiger partial charge is 0.240 e. The second-order valence-corrected chi connectivity index (χ2v) is 9.59. The van der Waals surface area contributed by atoms with Gasteiger partial charge in [0, 0.05) is 24.0 Å². The quantitative estimate of drug-likeness (QED) is 0.538. The summed E-state index contributed by atoms with van der Waals surface area (Å²) in [6.45, 7) is 4.86. The van der Waals surface area contributed by atoms with E-state index in [4.69, 9.17) is 4.74 Å². The molecular formula is C24H27N3O3S. The van der Waals surface area contributed by atoms with E-state index in [1.54, 1.807) is 24.3 Å². The van der Waals surface area contributed by atoms with E-state index in [0.717, 1.165) is 53.6 Å². The Kier molecular flexibility index (Phi) is 6.03. The van der Waals surface area contributed by atoms with Crippen molar-refractivity contribution < 1.29 is 13.2 Å². The lowest BCUT2D eigenvalue weighted by Crippen LogP contribution is -2.24. The molecule has 3 aromatic rings. The predicted molar refractivity (Wildman–Crippen MR) is 122 cm³/mol. The fourth-order valence-electron chi connectivity index (χ4n) is 4.08. The van der Waals surface area contributed by atoms with Gasteiger partial charge in [-0.2, -0.15) is 5.26 Å². The summed E-state index contributed by atoms with van der Waals surface area (Å²) >= 11 is 0. The van der Waals surface area contributed by atoms with Crippen molar-refractivity contribution in [3.63, 3.8) is 0 Å². The Morgan fingerprint density at radius 2 is 1.90 bits per heavy atom. The van der Waals surface area contributed by atoms with Crippen molar-refractivity contribution in [3.05, 3.63) is 48.0 Å². The average molecular weight is 438 g/mol. The van der Waals surface area contributed by atoms with Gasteiger partial charge in [-0.15, -0.1) is 0 Å². The first-order valence-corrected chi connectivity index (χ1v) is 12.3. The van der Waals surface area contributed by atoms with Gasteiger partial charge in [0.1, 0.15) is 11.8 Å². The predicted octanol–water partition coefficient (Wildman–Crippen LogP) is 4.99. The summed E-state index contributed by atoms with van der Waals surface area (Å²) in [5.74, 6) is 0.785. The Morgan fingerprint density at radius 3 is 2.48 bits per heavy atom. The van der Waals surface area contributed by atoms with Gasteiger partial charge in [-0.05, 0) is 62.4 Å². The van der Waals surface area contributed by atoms with E-state index in [1.165, 1.54) is 0 Å². The van der Waals surface area contributed by atoms with Crippen LogP contribution in [0.4, 0.5) is 0 Å². The lowest BCUT2D eigenvalue weighted by Gasteiger charge is -2.30. The van der Waals surface area contributed by atoms with Crippen molar-refractivity contribution in [3.8, 4) is 23.1 Å². The van der Waals surface area contributed by atoms with E-state index in [0.29, 0.717) is 24.8 Å². The summed E-state index contributed by atoms with van der Waals surface area (Å²) in [4.78, 5) is 0.230. The van der Waals surface area contributed by atoms with Crippen LogP contribution < -0.4 is 9.46 Å². The van der Waals surface area contributed by atoms with Crippen LogP contribution >= 0.6 is 0 Å². The minimum Gasteiger partial charge on any atom is -0.494 e. The molecule has 4 rings (SSSR count). The monoisotopic (exact) mass is 437 g/mol. The molecule has 0 bridgehead atoms. The molecule has 6 nitrogen and oxygen atoms in total. The minimum absolute atomic E-state index is 0.230. The lowest BCUT2D eigenvalue weighted by molar-refractivity contribution is 0.322. The molecule has 1 heterocycles. The van der Waals surface area contributed by atoms with E-state index in [1.807, 2.05) is 32.0 Å². The topological polar surface area (TPSA) is 84.1 Å². The van der Waals surface area contributed by atoms with Gasteiger partial charge in [0.25, 0.3) is 0 Å². The second kappa shape index (κ2) is 8.74. The highest BCUT2D eigenvalue weighted by Crippen LogP contribution is 2.43. The third-order valence-electron chi connectivity index (χ3n) is 5.82. The number of fused-ring (bicyclic) bond motifs is 1. The number of hydrogen-bond donors (Lipinski definition) is 1. The van der Waals surface area contributed by atoms with Crippen LogP contribution in [-0.4, -0.2) is 26.1 Å². The van der Waals surface area contributed by atoms with E-state index in [2.05, 4.69) is 15.4 Å². The molecule has 0 spiro atoms. The zero-order valence-corrected chi connectivity index (χ0v) is 18.7. The molecule has 1 aromatic heterocycles. The van der Waals surface area contributed by atoms with Gasteiger partial charge in [-0.25, -0.2) is 13.1 Å². The first kappa shape index (κ1) is 21.4. The molecule has 0 unspecified atom stereocenters. The Balaban J connectivity index is 1.86. The van der Waals surface area contributed by atoms with Gasteiger partial charge in [0.2, 0.25) is 10.0 Å². The maximum atomic E-state index is 12.4. The molecule has 31 heavy (non-hydrogen) atoms. The number of rotatable bonds is 8. The molecule has 0 radical (unpaired) electrons. The van der Waals surface area contributed by atoms with E-state index >= 15 is 0 Å². The average Bonchev–Trinajstić information content (AvgIpc) is 3.05. The Morgan fingerprint density at radius 1 is 1.16 bits per heavy atom. The number of sulfonamides is 1. The molecule has 7 heteroatoms. The van der Waals surface area contributed by atoms with Crippen molar-refractivity contribution >= 4 is 20.9 Å². The lowest BCUT2D eigenvalue weighted by atomic mass is 9.92. The van der Waals surface area contributed by atoms with Crippen LogP contribution in [0, 0.1) is 11.3 Å². The Labute approximate surface area is 183 Å². The molecule has 162 valence electrons. The largest absolute Gasteiger partial charge is 0.494 e. The van der Waals surface area contributed by atoms with Gasteiger partial charge < -0.3 is 9.30 Å². The molecule has 0 aliphatic heterocycles. The van der Waals surface area contributed by atoms with Crippen LogP contribution in [0.5, 0.6) is 5.75 Å². The third-order valence-corrected chi connectivity index (χ3v) is 7.30. The van der Waals surface area contributed by atoms with Crippen molar-refractivity contribution in [2.75, 3.05) is 13.2 Å². The standard InChI is InChI=1S/C24H27N3O3S/c1-3-14-26-31(28,29)20-11-8-17(9-12-20)24-22(16-25)21-13-10-19(30-4-2)15-23(21)27(24)18-6-5-7-18/h8-13,15,18,26H,3-7,14H2,1-2H3. The van der Waals surface area contributed by atoms with Crippen molar-refractivity contribution in [1.29, 1.82) is 5.26 Å². The molecule has 1 fully saturated rings. The van der Waals surface area contributed by atoms with Crippen LogP contribution in [0.15, 0.2) is 47.4 Å². The number of ether oxygens (including phenoxy) is 1. The molecule has 1 N–H and O–H groups in total. The zero-order valence-electron chi connectivity index (χ0n) is 17.9. The first-order valence-electron chi connectivity index (χ1n) is 10.8. The molecule has 2 aromatic carbocycles. The number of aromatic nitrogens is 1. The first-order chi connectivity index (χ1) is 15.0. The van der Waals surface area contributed by atoms with Gasteiger partial charge in [0.15, 0.2) is 0 Å². The van der Waals surface area contributed by atoms with Crippen LogP contribution in [0.3, 0.4) is 0 Å². The van der Waals surface area contributed by atoms with Crippen LogP contribution in [0.1, 0.15) is 51.1 Å². The van der Waals surface area contributed by atoms with Gasteiger partial charge in [-0.1, -0.05) is 19.1 Å². The minimum atomic E-state index is -3.53. The van der Waals surface area contributed by atoms with Gasteiger partial charge in [0.05, 0.1) is 28.3 Å². The molecule has 1 saturated carbocycles. The van der Waals surface area contributed by atoms with Crippen molar-refractivity contribution in [2.24, 2.45) is 0 Å². The van der Waals surface area contributed by atoms with Gasteiger partial charge >= 0.3 is 0 Å². The summed E-state index contributed by atoms with van der Waals surface area (Å²) < 4.78 is 35.4. The van der Waals surface area contributed by atoms with Crippen molar-refractivity contribution in [2.45, 2.75) is 50.5 Å². The molecule has 1 aliphatic rings. The maximum Gasteiger partial charge on any atom is 0.240 e. The highest BCUT2D eigenvalue weighted by atomic mass is 32.2. The number of nitriles is 1. The van der Waals surface area contributed by atoms with E-state index in [-0.39, 0.29) is 4.90 Å². The SMILES string of the molecule is CCCNS(=O)(=O)c1ccc(-c2c(C#N)c3ccc(OCC)cc3n2C2CCC2)cc1. The highest BCUT2D eigenvalue weighted by Gasteiger charge is 2.28. The molecule has 0 atom stereocenters. The zero-order chi connectivity index (χ0) is 22.0. The van der Waals surface area contributed by atoms with Crippen LogP contribution in [-0.2, 0) is 10.0 Å². The third kappa shape index (κ3) is 3.93. The summed E-state index contributed by atoms with van der Waals surface area (Å²) in [6.07, 6.45) is 4.02. The number of benzene rings is 2. The number of hydrogen-bond acceptors (Lipinski definition) is 4. The van der Waals surface area contributed by atoms with Crippen LogP contribution in [0.25, 0.3) is 22.2 Å². The molecule has 0 amide bonds.